The minimum absolute atomic E-state index is 0.698. The molecule has 2 aromatic rings. The van der Waals surface area contributed by atoms with Gasteiger partial charge in [0.2, 0.25) is 0 Å². The fourth-order valence-corrected chi connectivity index (χ4v) is 4.31. The number of fused-ring (bicyclic) bond motifs is 3. The molecule has 2 nitrogen and oxygen atoms in total. The largest absolute Gasteiger partial charge is 0.325 e. The summed E-state index contributed by atoms with van der Waals surface area (Å²) in [6, 6.07) is 9.28. The van der Waals surface area contributed by atoms with Gasteiger partial charge in [0.05, 0.1) is 11.0 Å². The van der Waals surface area contributed by atoms with Gasteiger partial charge in [0.1, 0.15) is 5.82 Å². The lowest BCUT2D eigenvalue weighted by Crippen LogP contribution is -2.20. The SMILES string of the molecule is Cc1nc2ccccc2n1C1CC2CCC(C2)C1. The molecule has 4 rings (SSSR count). The fraction of sp³-hybridized carbons (Fsp3) is 0.562. The second kappa shape index (κ2) is 3.84. The number of imidazole rings is 1. The molecule has 1 aromatic heterocycles. The van der Waals surface area contributed by atoms with Gasteiger partial charge in [0.25, 0.3) is 0 Å². The van der Waals surface area contributed by atoms with E-state index in [2.05, 4.69) is 35.8 Å². The predicted octanol–water partition coefficient (Wildman–Crippen LogP) is 4.10. The van der Waals surface area contributed by atoms with Crippen LogP contribution in [-0.2, 0) is 0 Å². The lowest BCUT2D eigenvalue weighted by atomic mass is 9.85. The zero-order valence-corrected chi connectivity index (χ0v) is 11.0. The Balaban J connectivity index is 1.80. The summed E-state index contributed by atoms with van der Waals surface area (Å²) in [7, 11) is 0. The summed E-state index contributed by atoms with van der Waals surface area (Å²) < 4.78 is 2.51. The van der Waals surface area contributed by atoms with Crippen molar-refractivity contribution in [2.75, 3.05) is 0 Å². The maximum atomic E-state index is 4.72. The van der Waals surface area contributed by atoms with Crippen LogP contribution in [0.5, 0.6) is 0 Å². The molecule has 1 aromatic carbocycles. The molecular formula is C16H20N2. The maximum Gasteiger partial charge on any atom is 0.106 e. The van der Waals surface area contributed by atoms with Gasteiger partial charge in [-0.2, -0.15) is 0 Å². The average Bonchev–Trinajstić information content (AvgIpc) is 2.88. The first-order valence-electron chi connectivity index (χ1n) is 7.25. The number of aryl methyl sites for hydroxylation is 1. The molecule has 2 fully saturated rings. The Bertz CT molecular complexity index is 572. The summed E-state index contributed by atoms with van der Waals surface area (Å²) >= 11 is 0. The molecule has 18 heavy (non-hydrogen) atoms. The van der Waals surface area contributed by atoms with Crippen molar-refractivity contribution in [2.45, 2.75) is 45.1 Å². The molecule has 2 bridgehead atoms. The summed E-state index contributed by atoms with van der Waals surface area (Å²) in [5, 5.41) is 0. The number of benzene rings is 1. The Morgan fingerprint density at radius 1 is 1.06 bits per heavy atom. The van der Waals surface area contributed by atoms with Gasteiger partial charge in [-0.3, -0.25) is 0 Å². The lowest BCUT2D eigenvalue weighted by Gasteiger charge is -2.30. The van der Waals surface area contributed by atoms with Crippen molar-refractivity contribution in [3.8, 4) is 0 Å². The highest BCUT2D eigenvalue weighted by Gasteiger charge is 2.35. The molecule has 2 unspecified atom stereocenters. The van der Waals surface area contributed by atoms with E-state index in [0.717, 1.165) is 17.4 Å². The van der Waals surface area contributed by atoms with E-state index in [9.17, 15) is 0 Å². The van der Waals surface area contributed by atoms with Gasteiger partial charge in [0, 0.05) is 6.04 Å². The highest BCUT2D eigenvalue weighted by molar-refractivity contribution is 5.76. The van der Waals surface area contributed by atoms with Crippen LogP contribution in [0.3, 0.4) is 0 Å². The zero-order valence-electron chi connectivity index (χ0n) is 11.0. The Hall–Kier alpha value is -1.31. The minimum atomic E-state index is 0.698. The first-order valence-corrected chi connectivity index (χ1v) is 7.25. The molecule has 2 aliphatic carbocycles. The van der Waals surface area contributed by atoms with Crippen LogP contribution in [0.4, 0.5) is 0 Å². The highest BCUT2D eigenvalue weighted by atomic mass is 15.1. The standard InChI is InChI=1S/C16H20N2/c1-11-17-15-4-2-3-5-16(15)18(11)14-9-12-6-7-13(8-12)10-14/h2-5,12-14H,6-10H2,1H3. The molecule has 2 aliphatic rings. The van der Waals surface area contributed by atoms with Gasteiger partial charge < -0.3 is 4.57 Å². The van der Waals surface area contributed by atoms with Crippen LogP contribution in [0.1, 0.15) is 44.0 Å². The van der Waals surface area contributed by atoms with Gasteiger partial charge in [0.15, 0.2) is 0 Å². The van der Waals surface area contributed by atoms with Crippen LogP contribution < -0.4 is 0 Å². The third kappa shape index (κ3) is 1.51. The van der Waals surface area contributed by atoms with E-state index < -0.39 is 0 Å². The molecule has 94 valence electrons. The Labute approximate surface area is 108 Å². The van der Waals surface area contributed by atoms with E-state index in [1.54, 1.807) is 0 Å². The fourth-order valence-electron chi connectivity index (χ4n) is 4.31. The van der Waals surface area contributed by atoms with E-state index in [-0.39, 0.29) is 0 Å². The van der Waals surface area contributed by atoms with Crippen molar-refractivity contribution in [3.05, 3.63) is 30.1 Å². The predicted molar refractivity (Wildman–Crippen MR) is 73.6 cm³/mol. The maximum absolute atomic E-state index is 4.72. The van der Waals surface area contributed by atoms with Crippen molar-refractivity contribution in [2.24, 2.45) is 11.8 Å². The molecule has 0 N–H and O–H groups in total. The van der Waals surface area contributed by atoms with Gasteiger partial charge in [-0.25, -0.2) is 4.98 Å². The molecular weight excluding hydrogens is 220 g/mol. The summed E-state index contributed by atoms with van der Waals surface area (Å²) in [4.78, 5) is 4.72. The van der Waals surface area contributed by atoms with Crippen LogP contribution >= 0.6 is 0 Å². The van der Waals surface area contributed by atoms with Crippen LogP contribution in [0.2, 0.25) is 0 Å². The Morgan fingerprint density at radius 2 is 1.78 bits per heavy atom. The van der Waals surface area contributed by atoms with Crippen molar-refractivity contribution in [1.29, 1.82) is 0 Å². The van der Waals surface area contributed by atoms with Gasteiger partial charge in [-0.1, -0.05) is 25.0 Å². The molecule has 1 heterocycles. The third-order valence-corrected chi connectivity index (χ3v) is 5.00. The van der Waals surface area contributed by atoms with E-state index in [1.165, 1.54) is 43.4 Å². The molecule has 2 saturated carbocycles. The van der Waals surface area contributed by atoms with Crippen LogP contribution in [0.25, 0.3) is 11.0 Å². The second-order valence-electron chi connectivity index (χ2n) is 6.19. The topological polar surface area (TPSA) is 17.8 Å². The van der Waals surface area contributed by atoms with E-state index in [4.69, 9.17) is 4.98 Å². The van der Waals surface area contributed by atoms with Crippen LogP contribution in [-0.4, -0.2) is 9.55 Å². The molecule has 0 aliphatic heterocycles. The normalized spacial score (nSPS) is 31.1. The summed E-state index contributed by atoms with van der Waals surface area (Å²) in [5.41, 5.74) is 2.49. The lowest BCUT2D eigenvalue weighted by molar-refractivity contribution is 0.263. The Morgan fingerprint density at radius 3 is 2.56 bits per heavy atom. The summed E-state index contributed by atoms with van der Waals surface area (Å²) in [6.45, 7) is 2.16. The highest BCUT2D eigenvalue weighted by Crippen LogP contribution is 2.47. The molecule has 0 spiro atoms. The van der Waals surface area contributed by atoms with E-state index >= 15 is 0 Å². The quantitative estimate of drug-likeness (QED) is 0.734. The van der Waals surface area contributed by atoms with E-state index in [1.807, 2.05) is 0 Å². The van der Waals surface area contributed by atoms with Crippen LogP contribution in [0.15, 0.2) is 24.3 Å². The molecule has 0 saturated heterocycles. The number of para-hydroxylation sites is 2. The number of hydrogen-bond donors (Lipinski definition) is 0. The zero-order chi connectivity index (χ0) is 12.1. The molecule has 2 atom stereocenters. The van der Waals surface area contributed by atoms with Crippen molar-refractivity contribution in [3.63, 3.8) is 0 Å². The van der Waals surface area contributed by atoms with Gasteiger partial charge in [-0.15, -0.1) is 0 Å². The van der Waals surface area contributed by atoms with Gasteiger partial charge >= 0.3 is 0 Å². The van der Waals surface area contributed by atoms with Crippen molar-refractivity contribution in [1.82, 2.24) is 9.55 Å². The van der Waals surface area contributed by atoms with Gasteiger partial charge in [-0.05, 0) is 50.2 Å². The molecule has 2 heteroatoms. The molecule has 0 amide bonds. The summed E-state index contributed by atoms with van der Waals surface area (Å²) in [6.07, 6.45) is 7.16. The third-order valence-electron chi connectivity index (χ3n) is 5.00. The number of aromatic nitrogens is 2. The second-order valence-corrected chi connectivity index (χ2v) is 6.19. The number of hydrogen-bond acceptors (Lipinski definition) is 1. The van der Waals surface area contributed by atoms with Crippen LogP contribution in [0, 0.1) is 18.8 Å². The smallest absolute Gasteiger partial charge is 0.106 e. The monoisotopic (exact) mass is 240 g/mol. The summed E-state index contributed by atoms with van der Waals surface area (Å²) in [5.74, 6) is 3.16. The van der Waals surface area contributed by atoms with Crippen molar-refractivity contribution < 1.29 is 0 Å². The first-order chi connectivity index (χ1) is 8.81. The average molecular weight is 240 g/mol. The van der Waals surface area contributed by atoms with Crippen molar-refractivity contribution >= 4 is 11.0 Å². The molecule has 0 radical (unpaired) electrons. The number of nitrogens with zero attached hydrogens (tertiary/aromatic N) is 2. The Kier molecular flexibility index (Phi) is 2.26. The van der Waals surface area contributed by atoms with E-state index in [0.29, 0.717) is 6.04 Å². The number of rotatable bonds is 1. The first kappa shape index (κ1) is 10.6. The minimum Gasteiger partial charge on any atom is -0.325 e.